The molecule has 3 nitrogen and oxygen atoms in total. The smallest absolute Gasteiger partial charge is 0.261 e. The highest BCUT2D eigenvalue weighted by Crippen LogP contribution is 2.23. The van der Waals surface area contributed by atoms with Crippen molar-refractivity contribution in [1.82, 2.24) is 5.32 Å². The average Bonchev–Trinajstić information content (AvgIpc) is 2.53. The summed E-state index contributed by atoms with van der Waals surface area (Å²) in [6.45, 7) is 4.82. The Hall–Kier alpha value is -1.51. The van der Waals surface area contributed by atoms with Gasteiger partial charge in [0.2, 0.25) is 0 Å². The van der Waals surface area contributed by atoms with E-state index in [1.807, 2.05) is 38.1 Å². The van der Waals surface area contributed by atoms with Crippen molar-refractivity contribution in [3.8, 4) is 5.75 Å². The zero-order valence-corrected chi connectivity index (χ0v) is 13.2. The van der Waals surface area contributed by atoms with Crippen LogP contribution in [0.1, 0.15) is 51.0 Å². The summed E-state index contributed by atoms with van der Waals surface area (Å²) >= 11 is 0. The Bertz CT molecular complexity index is 435. The van der Waals surface area contributed by atoms with E-state index in [0.29, 0.717) is 12.3 Å². The third-order valence-corrected chi connectivity index (χ3v) is 4.25. The number of ether oxygens (including phenoxy) is 1. The Labute approximate surface area is 128 Å². The minimum Gasteiger partial charge on any atom is -0.481 e. The number of hydrogen-bond acceptors (Lipinski definition) is 2. The Morgan fingerprint density at radius 1 is 1.24 bits per heavy atom. The maximum atomic E-state index is 12.3. The van der Waals surface area contributed by atoms with Crippen LogP contribution in [0, 0.1) is 12.8 Å². The van der Waals surface area contributed by atoms with Crippen LogP contribution in [0.15, 0.2) is 24.3 Å². The van der Waals surface area contributed by atoms with E-state index >= 15 is 0 Å². The first-order chi connectivity index (χ1) is 10.2. The molecule has 1 fully saturated rings. The van der Waals surface area contributed by atoms with Crippen LogP contribution in [0.4, 0.5) is 0 Å². The second kappa shape index (κ2) is 8.06. The average molecular weight is 289 g/mol. The minimum atomic E-state index is -0.392. The highest BCUT2D eigenvalue weighted by molar-refractivity contribution is 5.81. The Morgan fingerprint density at radius 2 is 1.90 bits per heavy atom. The molecular formula is C18H27NO2. The molecule has 0 heterocycles. The van der Waals surface area contributed by atoms with Crippen LogP contribution in [0.2, 0.25) is 0 Å². The summed E-state index contributed by atoms with van der Waals surface area (Å²) in [5.74, 6) is 1.43. The fourth-order valence-corrected chi connectivity index (χ4v) is 2.85. The maximum absolute atomic E-state index is 12.3. The molecule has 0 aliphatic heterocycles. The fourth-order valence-electron chi connectivity index (χ4n) is 2.85. The van der Waals surface area contributed by atoms with Gasteiger partial charge in [0.15, 0.2) is 6.10 Å². The number of hydrogen-bond donors (Lipinski definition) is 1. The molecule has 0 unspecified atom stereocenters. The van der Waals surface area contributed by atoms with Crippen molar-refractivity contribution in [2.24, 2.45) is 5.92 Å². The fraction of sp³-hybridized carbons (Fsp3) is 0.611. The summed E-state index contributed by atoms with van der Waals surface area (Å²) in [6, 6.07) is 7.85. The molecule has 1 aromatic rings. The van der Waals surface area contributed by atoms with Gasteiger partial charge in [-0.3, -0.25) is 4.79 Å². The van der Waals surface area contributed by atoms with Crippen LogP contribution in [-0.2, 0) is 4.79 Å². The molecule has 1 aromatic carbocycles. The molecule has 1 atom stereocenters. The van der Waals surface area contributed by atoms with Gasteiger partial charge < -0.3 is 10.1 Å². The molecule has 0 spiro atoms. The lowest BCUT2D eigenvalue weighted by atomic mass is 9.89. The monoisotopic (exact) mass is 289 g/mol. The summed E-state index contributed by atoms with van der Waals surface area (Å²) in [4.78, 5) is 12.3. The van der Waals surface area contributed by atoms with Crippen LogP contribution in [0.25, 0.3) is 0 Å². The van der Waals surface area contributed by atoms with Crippen molar-refractivity contribution in [3.63, 3.8) is 0 Å². The number of carbonyl (C=O) groups excluding carboxylic acids is 1. The topological polar surface area (TPSA) is 38.3 Å². The highest BCUT2D eigenvalue weighted by atomic mass is 16.5. The maximum Gasteiger partial charge on any atom is 0.261 e. The summed E-state index contributed by atoms with van der Waals surface area (Å²) in [5.41, 5.74) is 1.19. The van der Waals surface area contributed by atoms with Gasteiger partial charge in [0.1, 0.15) is 5.75 Å². The number of aryl methyl sites for hydroxylation is 1. The summed E-state index contributed by atoms with van der Waals surface area (Å²) in [5, 5.41) is 3.07. The molecule has 0 bridgehead atoms. The van der Waals surface area contributed by atoms with Crippen LogP contribution < -0.4 is 10.1 Å². The van der Waals surface area contributed by atoms with Crippen LogP contribution in [0.5, 0.6) is 5.75 Å². The molecule has 1 N–H and O–H groups in total. The summed E-state index contributed by atoms with van der Waals surface area (Å²) < 4.78 is 5.81. The Morgan fingerprint density at radius 3 is 2.52 bits per heavy atom. The molecule has 1 amide bonds. The molecular weight excluding hydrogens is 262 g/mol. The van der Waals surface area contributed by atoms with Crippen molar-refractivity contribution in [3.05, 3.63) is 29.8 Å². The molecule has 1 aliphatic carbocycles. The zero-order valence-electron chi connectivity index (χ0n) is 13.2. The van der Waals surface area contributed by atoms with Gasteiger partial charge in [-0.1, -0.05) is 43.9 Å². The Balaban J connectivity index is 1.81. The third kappa shape index (κ3) is 5.07. The third-order valence-electron chi connectivity index (χ3n) is 4.25. The van der Waals surface area contributed by atoms with Gasteiger partial charge in [-0.25, -0.2) is 0 Å². The normalized spacial score (nSPS) is 17.2. The van der Waals surface area contributed by atoms with Gasteiger partial charge in [0.25, 0.3) is 5.91 Å². The van der Waals surface area contributed by atoms with Gasteiger partial charge in [-0.2, -0.15) is 0 Å². The van der Waals surface area contributed by atoms with Crippen LogP contribution in [0.3, 0.4) is 0 Å². The molecule has 3 heteroatoms. The predicted molar refractivity (Wildman–Crippen MR) is 85.5 cm³/mol. The van der Waals surface area contributed by atoms with E-state index < -0.39 is 6.10 Å². The summed E-state index contributed by atoms with van der Waals surface area (Å²) in [7, 11) is 0. The predicted octanol–water partition coefficient (Wildman–Crippen LogP) is 3.85. The van der Waals surface area contributed by atoms with Gasteiger partial charge in [0.05, 0.1) is 0 Å². The Kier molecular flexibility index (Phi) is 6.09. The quantitative estimate of drug-likeness (QED) is 0.864. The van der Waals surface area contributed by atoms with Crippen molar-refractivity contribution < 1.29 is 9.53 Å². The number of nitrogens with one attached hydrogen (secondary N) is 1. The number of rotatable bonds is 6. The first-order valence-electron chi connectivity index (χ1n) is 8.20. The van der Waals surface area contributed by atoms with Crippen molar-refractivity contribution >= 4 is 5.91 Å². The van der Waals surface area contributed by atoms with Crippen molar-refractivity contribution in [2.75, 3.05) is 6.54 Å². The lowest BCUT2D eigenvalue weighted by Gasteiger charge is -2.23. The largest absolute Gasteiger partial charge is 0.481 e. The van der Waals surface area contributed by atoms with E-state index in [9.17, 15) is 4.79 Å². The molecule has 116 valence electrons. The first-order valence-corrected chi connectivity index (χ1v) is 8.20. The van der Waals surface area contributed by atoms with Crippen molar-refractivity contribution in [2.45, 2.75) is 58.5 Å². The molecule has 0 aromatic heterocycles. The zero-order chi connectivity index (χ0) is 15.1. The van der Waals surface area contributed by atoms with E-state index in [1.165, 1.54) is 37.7 Å². The second-order valence-corrected chi connectivity index (χ2v) is 6.08. The van der Waals surface area contributed by atoms with Gasteiger partial charge in [-0.05, 0) is 44.2 Å². The molecule has 2 rings (SSSR count). The molecule has 21 heavy (non-hydrogen) atoms. The van der Waals surface area contributed by atoms with E-state index in [1.54, 1.807) is 0 Å². The molecule has 1 saturated carbocycles. The number of amides is 1. The molecule has 0 radical (unpaired) electrons. The molecule has 1 aliphatic rings. The molecule has 0 saturated heterocycles. The standard InChI is InChI=1S/C18H27NO2/c1-3-17(21-16-11-9-14(2)10-12-16)18(20)19-13-15-7-5-4-6-8-15/h9-12,15,17H,3-8,13H2,1-2H3,(H,19,20)/t17-/m1/s1. The van der Waals surface area contributed by atoms with Crippen LogP contribution in [-0.4, -0.2) is 18.6 Å². The summed E-state index contributed by atoms with van der Waals surface area (Å²) in [6.07, 6.45) is 6.74. The lowest BCUT2D eigenvalue weighted by molar-refractivity contribution is -0.128. The van der Waals surface area contributed by atoms with E-state index in [0.717, 1.165) is 12.3 Å². The van der Waals surface area contributed by atoms with E-state index in [2.05, 4.69) is 5.32 Å². The highest BCUT2D eigenvalue weighted by Gasteiger charge is 2.20. The lowest BCUT2D eigenvalue weighted by Crippen LogP contribution is -2.40. The van der Waals surface area contributed by atoms with E-state index in [4.69, 9.17) is 4.74 Å². The van der Waals surface area contributed by atoms with Gasteiger partial charge in [0, 0.05) is 6.54 Å². The SMILES string of the molecule is CC[C@@H](Oc1ccc(C)cc1)C(=O)NCC1CCCCC1. The second-order valence-electron chi connectivity index (χ2n) is 6.08. The first kappa shape index (κ1) is 15.9. The minimum absolute atomic E-state index is 0.0173. The van der Waals surface area contributed by atoms with Gasteiger partial charge >= 0.3 is 0 Å². The van der Waals surface area contributed by atoms with Crippen LogP contribution >= 0.6 is 0 Å². The number of carbonyl (C=O) groups is 1. The van der Waals surface area contributed by atoms with Crippen molar-refractivity contribution in [1.29, 1.82) is 0 Å². The van der Waals surface area contributed by atoms with E-state index in [-0.39, 0.29) is 5.91 Å². The van der Waals surface area contributed by atoms with Gasteiger partial charge in [-0.15, -0.1) is 0 Å². The number of benzene rings is 1.